The molecule has 0 amide bonds. The van der Waals surface area contributed by atoms with Crippen molar-refractivity contribution in [1.82, 2.24) is 0 Å². The van der Waals surface area contributed by atoms with Gasteiger partial charge in [0.05, 0.1) is 4.91 Å². The van der Waals surface area contributed by atoms with Crippen LogP contribution in [0.4, 0.5) is 0 Å². The normalized spacial score (nSPS) is 19.9. The Kier molecular flexibility index (Phi) is 4.68. The smallest absolute Gasteiger partial charge is 0.282 e. The standard InChI is InChI=1S/C15H26O3S/c1-10(2)13-9-15(11(3)4,12(5)6)8-7-14(13)19(16,17)18/h7-8,10-12H,9H2,1-6H3,(H,16,17,18). The molecule has 0 aliphatic heterocycles. The van der Waals surface area contributed by atoms with E-state index in [0.717, 1.165) is 5.57 Å². The Hall–Kier alpha value is -0.610. The fraction of sp³-hybridized carbons (Fsp3) is 0.733. The van der Waals surface area contributed by atoms with Crippen LogP contribution in [0.1, 0.15) is 48.0 Å². The molecule has 4 heteroatoms. The highest BCUT2D eigenvalue weighted by Gasteiger charge is 2.40. The molecular formula is C15H26O3S. The molecule has 0 radical (unpaired) electrons. The lowest BCUT2D eigenvalue weighted by molar-refractivity contribution is 0.171. The molecule has 0 atom stereocenters. The number of rotatable bonds is 4. The molecule has 0 spiro atoms. The van der Waals surface area contributed by atoms with Crippen LogP contribution in [0.2, 0.25) is 0 Å². The van der Waals surface area contributed by atoms with E-state index >= 15 is 0 Å². The summed E-state index contributed by atoms with van der Waals surface area (Å²) in [5.74, 6) is 0.944. The van der Waals surface area contributed by atoms with E-state index in [4.69, 9.17) is 0 Å². The first-order chi connectivity index (χ1) is 8.52. The van der Waals surface area contributed by atoms with E-state index in [9.17, 15) is 13.0 Å². The van der Waals surface area contributed by atoms with Gasteiger partial charge in [-0.05, 0) is 41.2 Å². The van der Waals surface area contributed by atoms with E-state index in [-0.39, 0.29) is 16.2 Å². The molecule has 0 heterocycles. The van der Waals surface area contributed by atoms with E-state index in [0.29, 0.717) is 18.3 Å². The van der Waals surface area contributed by atoms with E-state index < -0.39 is 10.1 Å². The lowest BCUT2D eigenvalue weighted by Gasteiger charge is -2.43. The van der Waals surface area contributed by atoms with Crippen LogP contribution in [-0.4, -0.2) is 13.0 Å². The van der Waals surface area contributed by atoms with Gasteiger partial charge in [0.15, 0.2) is 0 Å². The van der Waals surface area contributed by atoms with Crippen LogP contribution in [0.3, 0.4) is 0 Å². The van der Waals surface area contributed by atoms with Crippen molar-refractivity contribution in [2.75, 3.05) is 0 Å². The molecule has 110 valence electrons. The molecule has 0 aromatic carbocycles. The van der Waals surface area contributed by atoms with Crippen molar-refractivity contribution in [3.8, 4) is 0 Å². The predicted molar refractivity (Wildman–Crippen MR) is 79.3 cm³/mol. The van der Waals surface area contributed by atoms with Gasteiger partial charge in [0.1, 0.15) is 0 Å². The van der Waals surface area contributed by atoms with E-state index in [1.54, 1.807) is 6.08 Å². The molecule has 1 aliphatic carbocycles. The second kappa shape index (κ2) is 5.41. The minimum Gasteiger partial charge on any atom is -0.282 e. The summed E-state index contributed by atoms with van der Waals surface area (Å²) in [4.78, 5) is 0.0967. The Balaban J connectivity index is 3.39. The van der Waals surface area contributed by atoms with Gasteiger partial charge in [-0.3, -0.25) is 4.55 Å². The van der Waals surface area contributed by atoms with Crippen molar-refractivity contribution < 1.29 is 13.0 Å². The van der Waals surface area contributed by atoms with Crippen LogP contribution in [0.15, 0.2) is 22.6 Å². The highest BCUT2D eigenvalue weighted by Crippen LogP contribution is 2.48. The molecule has 0 fully saturated rings. The van der Waals surface area contributed by atoms with Crippen LogP contribution in [0, 0.1) is 23.2 Å². The summed E-state index contributed by atoms with van der Waals surface area (Å²) in [6, 6.07) is 0. The van der Waals surface area contributed by atoms with Crippen molar-refractivity contribution in [2.45, 2.75) is 48.0 Å². The predicted octanol–water partition coefficient (Wildman–Crippen LogP) is 4.04. The Morgan fingerprint density at radius 3 is 1.89 bits per heavy atom. The number of allylic oxidation sites excluding steroid dienone is 3. The Bertz CT molecular complexity index is 485. The monoisotopic (exact) mass is 286 g/mol. The summed E-state index contributed by atoms with van der Waals surface area (Å²) in [6.07, 6.45) is 4.29. The van der Waals surface area contributed by atoms with Crippen LogP contribution in [0.25, 0.3) is 0 Å². The van der Waals surface area contributed by atoms with Gasteiger partial charge in [0.25, 0.3) is 10.1 Å². The summed E-state index contributed by atoms with van der Waals surface area (Å²) < 4.78 is 32.4. The lowest BCUT2D eigenvalue weighted by atomic mass is 9.63. The number of hydrogen-bond acceptors (Lipinski definition) is 2. The third-order valence-corrected chi connectivity index (χ3v) is 5.44. The van der Waals surface area contributed by atoms with Gasteiger partial charge in [-0.15, -0.1) is 0 Å². The van der Waals surface area contributed by atoms with Crippen LogP contribution >= 0.6 is 0 Å². The van der Waals surface area contributed by atoms with Gasteiger partial charge < -0.3 is 0 Å². The summed E-state index contributed by atoms with van der Waals surface area (Å²) in [7, 11) is -4.13. The largest absolute Gasteiger partial charge is 0.294 e. The molecule has 0 saturated carbocycles. The minimum absolute atomic E-state index is 0.0339. The topological polar surface area (TPSA) is 54.4 Å². The first-order valence-electron chi connectivity index (χ1n) is 6.92. The van der Waals surface area contributed by atoms with Crippen LogP contribution < -0.4 is 0 Å². The zero-order valence-electron chi connectivity index (χ0n) is 12.8. The highest BCUT2D eigenvalue weighted by molar-refractivity contribution is 7.90. The van der Waals surface area contributed by atoms with E-state index in [1.807, 2.05) is 19.9 Å². The Morgan fingerprint density at radius 1 is 1.11 bits per heavy atom. The highest BCUT2D eigenvalue weighted by atomic mass is 32.2. The van der Waals surface area contributed by atoms with Crippen molar-refractivity contribution in [1.29, 1.82) is 0 Å². The Labute approximate surface area is 117 Å². The van der Waals surface area contributed by atoms with Crippen LogP contribution in [0.5, 0.6) is 0 Å². The minimum atomic E-state index is -4.13. The molecule has 0 aromatic heterocycles. The van der Waals surface area contributed by atoms with Crippen molar-refractivity contribution in [3.05, 3.63) is 22.6 Å². The summed E-state index contributed by atoms with van der Waals surface area (Å²) >= 11 is 0. The number of hydrogen-bond donors (Lipinski definition) is 1. The van der Waals surface area contributed by atoms with Crippen LogP contribution in [-0.2, 0) is 10.1 Å². The fourth-order valence-electron chi connectivity index (χ4n) is 3.01. The van der Waals surface area contributed by atoms with Crippen molar-refractivity contribution >= 4 is 10.1 Å². The average Bonchev–Trinajstić information content (AvgIpc) is 2.26. The molecule has 1 aliphatic rings. The second-order valence-corrected chi connectivity index (χ2v) is 7.84. The molecule has 19 heavy (non-hydrogen) atoms. The maximum Gasteiger partial charge on any atom is 0.294 e. The maximum absolute atomic E-state index is 11.5. The van der Waals surface area contributed by atoms with E-state index in [1.165, 1.54) is 0 Å². The molecule has 0 aromatic rings. The van der Waals surface area contributed by atoms with Crippen molar-refractivity contribution in [2.24, 2.45) is 23.2 Å². The molecule has 3 nitrogen and oxygen atoms in total. The van der Waals surface area contributed by atoms with Gasteiger partial charge in [0.2, 0.25) is 0 Å². The zero-order chi connectivity index (χ0) is 15.0. The third-order valence-electron chi connectivity index (χ3n) is 4.48. The van der Waals surface area contributed by atoms with Crippen molar-refractivity contribution in [3.63, 3.8) is 0 Å². The third kappa shape index (κ3) is 3.11. The van der Waals surface area contributed by atoms with Gasteiger partial charge in [-0.25, -0.2) is 0 Å². The molecule has 1 rings (SSSR count). The zero-order valence-corrected chi connectivity index (χ0v) is 13.6. The molecule has 1 N–H and O–H groups in total. The Morgan fingerprint density at radius 2 is 1.58 bits per heavy atom. The summed E-state index contributed by atoms with van der Waals surface area (Å²) in [6.45, 7) is 12.6. The second-order valence-electron chi connectivity index (χ2n) is 6.45. The van der Waals surface area contributed by atoms with E-state index in [2.05, 4.69) is 27.7 Å². The summed E-state index contributed by atoms with van der Waals surface area (Å²) in [5.41, 5.74) is 0.806. The van der Waals surface area contributed by atoms with Gasteiger partial charge in [-0.2, -0.15) is 8.42 Å². The average molecular weight is 286 g/mol. The molecule has 0 bridgehead atoms. The lowest BCUT2D eigenvalue weighted by Crippen LogP contribution is -2.34. The van der Waals surface area contributed by atoms with Gasteiger partial charge in [-0.1, -0.05) is 47.6 Å². The maximum atomic E-state index is 11.5. The molecular weight excluding hydrogens is 260 g/mol. The first-order valence-corrected chi connectivity index (χ1v) is 8.36. The fourth-order valence-corrected chi connectivity index (χ4v) is 3.89. The van der Waals surface area contributed by atoms with Gasteiger partial charge in [0, 0.05) is 0 Å². The first kappa shape index (κ1) is 16.4. The summed E-state index contributed by atoms with van der Waals surface area (Å²) in [5, 5.41) is 0. The SMILES string of the molecule is CC(C)C1=C(S(=O)(=O)O)C=CC(C(C)C)(C(C)C)C1. The van der Waals surface area contributed by atoms with Gasteiger partial charge >= 0.3 is 0 Å². The quantitative estimate of drug-likeness (QED) is 0.793. The molecule has 0 saturated heterocycles. The molecule has 0 unspecified atom stereocenters.